The fourth-order valence-electron chi connectivity index (χ4n) is 1.99. The average molecular weight is 219 g/mol. The van der Waals surface area contributed by atoms with Crippen molar-refractivity contribution in [1.82, 2.24) is 0 Å². The van der Waals surface area contributed by atoms with Gasteiger partial charge in [-0.15, -0.1) is 0 Å². The van der Waals surface area contributed by atoms with E-state index in [4.69, 9.17) is 5.73 Å². The monoisotopic (exact) mass is 219 g/mol. The van der Waals surface area contributed by atoms with Crippen LogP contribution >= 0.6 is 0 Å². The second kappa shape index (κ2) is 4.53. The van der Waals surface area contributed by atoms with Gasteiger partial charge in [0, 0.05) is 6.54 Å². The number of amides is 1. The Balaban J connectivity index is 2.30. The average Bonchev–Trinajstić information content (AvgIpc) is 2.30. The highest BCUT2D eigenvalue weighted by atomic mass is 16.2. The highest BCUT2D eigenvalue weighted by Crippen LogP contribution is 2.31. The molecule has 1 amide bonds. The number of hydrogen-bond acceptors (Lipinski definition) is 3. The summed E-state index contributed by atoms with van der Waals surface area (Å²) in [5.74, 6) is 0.0516. The van der Waals surface area contributed by atoms with E-state index in [1.54, 1.807) is 0 Å². The SMILES string of the molecule is CC1C(=O)Nc2ccccc2N1CCCN. The van der Waals surface area contributed by atoms with Gasteiger partial charge in [0.25, 0.3) is 0 Å². The Hall–Kier alpha value is -1.55. The molecule has 86 valence electrons. The Kier molecular flexibility index (Phi) is 3.10. The molecule has 3 N–H and O–H groups in total. The lowest BCUT2D eigenvalue weighted by molar-refractivity contribution is -0.117. The Morgan fingerprint density at radius 2 is 2.19 bits per heavy atom. The van der Waals surface area contributed by atoms with Crippen LogP contribution in [-0.4, -0.2) is 25.0 Å². The molecular formula is C12H17N3O. The zero-order valence-electron chi connectivity index (χ0n) is 9.44. The third kappa shape index (κ3) is 1.88. The quantitative estimate of drug-likeness (QED) is 0.802. The van der Waals surface area contributed by atoms with Crippen molar-refractivity contribution in [2.75, 3.05) is 23.3 Å². The zero-order chi connectivity index (χ0) is 11.5. The number of anilines is 2. The fraction of sp³-hybridized carbons (Fsp3) is 0.417. The third-order valence-electron chi connectivity index (χ3n) is 2.92. The molecule has 1 aliphatic heterocycles. The number of benzene rings is 1. The molecule has 0 bridgehead atoms. The van der Waals surface area contributed by atoms with Crippen LogP contribution in [0.5, 0.6) is 0 Å². The molecule has 1 aliphatic rings. The van der Waals surface area contributed by atoms with Crippen molar-refractivity contribution in [2.45, 2.75) is 19.4 Å². The minimum absolute atomic E-state index is 0.0516. The summed E-state index contributed by atoms with van der Waals surface area (Å²) in [7, 11) is 0. The molecule has 1 atom stereocenters. The maximum absolute atomic E-state index is 11.7. The van der Waals surface area contributed by atoms with Crippen LogP contribution in [0.15, 0.2) is 24.3 Å². The van der Waals surface area contributed by atoms with Crippen LogP contribution in [0.3, 0.4) is 0 Å². The van der Waals surface area contributed by atoms with Crippen LogP contribution in [-0.2, 0) is 4.79 Å². The molecule has 1 aromatic carbocycles. The number of rotatable bonds is 3. The van der Waals surface area contributed by atoms with Crippen molar-refractivity contribution in [3.8, 4) is 0 Å². The maximum Gasteiger partial charge on any atom is 0.246 e. The van der Waals surface area contributed by atoms with E-state index in [0.717, 1.165) is 24.3 Å². The van der Waals surface area contributed by atoms with Crippen molar-refractivity contribution in [3.05, 3.63) is 24.3 Å². The Morgan fingerprint density at radius 3 is 2.94 bits per heavy atom. The van der Waals surface area contributed by atoms with Crippen molar-refractivity contribution < 1.29 is 4.79 Å². The third-order valence-corrected chi connectivity index (χ3v) is 2.92. The molecule has 2 rings (SSSR count). The van der Waals surface area contributed by atoms with Crippen LogP contribution < -0.4 is 16.0 Å². The van der Waals surface area contributed by atoms with Crippen LogP contribution in [0, 0.1) is 0 Å². The number of para-hydroxylation sites is 2. The minimum atomic E-state index is -0.124. The number of nitrogens with two attached hydrogens (primary N) is 1. The van der Waals surface area contributed by atoms with E-state index in [-0.39, 0.29) is 11.9 Å². The summed E-state index contributed by atoms with van der Waals surface area (Å²) < 4.78 is 0. The summed E-state index contributed by atoms with van der Waals surface area (Å²) in [5.41, 5.74) is 7.50. The molecule has 0 aromatic heterocycles. The number of nitrogens with one attached hydrogen (secondary N) is 1. The molecule has 0 saturated carbocycles. The molecule has 16 heavy (non-hydrogen) atoms. The highest BCUT2D eigenvalue weighted by Gasteiger charge is 2.28. The van der Waals surface area contributed by atoms with Gasteiger partial charge in [-0.1, -0.05) is 12.1 Å². The molecule has 0 aliphatic carbocycles. The second-order valence-corrected chi connectivity index (χ2v) is 4.02. The fourth-order valence-corrected chi connectivity index (χ4v) is 1.99. The lowest BCUT2D eigenvalue weighted by Crippen LogP contribution is -2.46. The van der Waals surface area contributed by atoms with E-state index in [0.29, 0.717) is 6.54 Å². The Labute approximate surface area is 95.4 Å². The topological polar surface area (TPSA) is 58.4 Å². The van der Waals surface area contributed by atoms with E-state index in [1.807, 2.05) is 31.2 Å². The summed E-state index contributed by atoms with van der Waals surface area (Å²) in [5, 5.41) is 2.90. The lowest BCUT2D eigenvalue weighted by atomic mass is 10.1. The molecule has 0 saturated heterocycles. The van der Waals surface area contributed by atoms with Crippen LogP contribution in [0.25, 0.3) is 0 Å². The number of nitrogens with zero attached hydrogens (tertiary/aromatic N) is 1. The first-order valence-electron chi connectivity index (χ1n) is 5.60. The Morgan fingerprint density at radius 1 is 1.44 bits per heavy atom. The highest BCUT2D eigenvalue weighted by molar-refractivity contribution is 6.03. The molecular weight excluding hydrogens is 202 g/mol. The van der Waals surface area contributed by atoms with Gasteiger partial charge in [0.2, 0.25) is 5.91 Å². The van der Waals surface area contributed by atoms with Crippen LogP contribution in [0.2, 0.25) is 0 Å². The summed E-state index contributed by atoms with van der Waals surface area (Å²) in [6, 6.07) is 7.74. The summed E-state index contributed by atoms with van der Waals surface area (Å²) >= 11 is 0. The molecule has 0 spiro atoms. The van der Waals surface area contributed by atoms with Gasteiger partial charge >= 0.3 is 0 Å². The number of hydrogen-bond donors (Lipinski definition) is 2. The maximum atomic E-state index is 11.7. The van der Waals surface area contributed by atoms with Gasteiger partial charge in [-0.2, -0.15) is 0 Å². The van der Waals surface area contributed by atoms with Crippen LogP contribution in [0.1, 0.15) is 13.3 Å². The summed E-state index contributed by atoms with van der Waals surface area (Å²) in [6.45, 7) is 3.39. The first kappa shape index (κ1) is 11.0. The van der Waals surface area contributed by atoms with Gasteiger partial charge in [-0.3, -0.25) is 4.79 Å². The van der Waals surface area contributed by atoms with Crippen molar-refractivity contribution in [2.24, 2.45) is 5.73 Å². The van der Waals surface area contributed by atoms with Gasteiger partial charge < -0.3 is 16.0 Å². The van der Waals surface area contributed by atoms with Gasteiger partial charge in [0.1, 0.15) is 6.04 Å². The molecule has 1 unspecified atom stereocenters. The molecule has 0 fully saturated rings. The van der Waals surface area contributed by atoms with Crippen LogP contribution in [0.4, 0.5) is 11.4 Å². The lowest BCUT2D eigenvalue weighted by Gasteiger charge is -2.36. The molecule has 1 aromatic rings. The van der Waals surface area contributed by atoms with Gasteiger partial charge in [-0.05, 0) is 32.0 Å². The van der Waals surface area contributed by atoms with E-state index in [9.17, 15) is 4.79 Å². The first-order valence-corrected chi connectivity index (χ1v) is 5.60. The van der Waals surface area contributed by atoms with Gasteiger partial charge in [0.05, 0.1) is 11.4 Å². The standard InChI is InChI=1S/C12H17N3O/c1-9-12(16)14-10-5-2-3-6-11(10)15(9)8-4-7-13/h2-3,5-6,9H,4,7-8,13H2,1H3,(H,14,16). The molecule has 0 radical (unpaired) electrons. The van der Waals surface area contributed by atoms with Gasteiger partial charge in [-0.25, -0.2) is 0 Å². The smallest absolute Gasteiger partial charge is 0.246 e. The second-order valence-electron chi connectivity index (χ2n) is 4.02. The van der Waals surface area contributed by atoms with E-state index < -0.39 is 0 Å². The Bertz CT molecular complexity index is 392. The minimum Gasteiger partial charge on any atom is -0.358 e. The van der Waals surface area contributed by atoms with Crippen molar-refractivity contribution in [3.63, 3.8) is 0 Å². The normalized spacial score (nSPS) is 19.2. The zero-order valence-corrected chi connectivity index (χ0v) is 9.44. The summed E-state index contributed by atoms with van der Waals surface area (Å²) in [4.78, 5) is 13.9. The van der Waals surface area contributed by atoms with E-state index in [1.165, 1.54) is 0 Å². The number of carbonyl (C=O) groups is 1. The van der Waals surface area contributed by atoms with Crippen molar-refractivity contribution in [1.29, 1.82) is 0 Å². The molecule has 1 heterocycles. The molecule has 4 heteroatoms. The predicted octanol–water partition coefficient (Wildman–Crippen LogP) is 1.18. The number of carbonyl (C=O) groups excluding carboxylic acids is 1. The van der Waals surface area contributed by atoms with Gasteiger partial charge in [0.15, 0.2) is 0 Å². The number of fused-ring (bicyclic) bond motifs is 1. The first-order chi connectivity index (χ1) is 7.74. The van der Waals surface area contributed by atoms with Crippen molar-refractivity contribution >= 4 is 17.3 Å². The predicted molar refractivity (Wildman–Crippen MR) is 65.6 cm³/mol. The van der Waals surface area contributed by atoms with E-state index in [2.05, 4.69) is 10.2 Å². The van der Waals surface area contributed by atoms with E-state index >= 15 is 0 Å². The largest absolute Gasteiger partial charge is 0.358 e. The summed E-state index contributed by atoms with van der Waals surface area (Å²) in [6.07, 6.45) is 0.895. The molecule has 4 nitrogen and oxygen atoms in total.